The molecule has 0 aliphatic heterocycles. The third-order valence-corrected chi connectivity index (χ3v) is 5.23. The van der Waals surface area contributed by atoms with Crippen molar-refractivity contribution in [2.75, 3.05) is 13.2 Å². The third-order valence-electron chi connectivity index (χ3n) is 5.23. The third kappa shape index (κ3) is 5.85. The molecule has 0 aliphatic carbocycles. The van der Waals surface area contributed by atoms with Crippen LogP contribution in [-0.2, 0) is 16.1 Å². The van der Waals surface area contributed by atoms with Gasteiger partial charge >= 0.3 is 0 Å². The van der Waals surface area contributed by atoms with Gasteiger partial charge in [-0.15, -0.1) is 0 Å². The molecular formula is C26H30N2O3. The highest BCUT2D eigenvalue weighted by molar-refractivity contribution is 5.90. The van der Waals surface area contributed by atoms with E-state index in [1.54, 1.807) is 4.90 Å². The lowest BCUT2D eigenvalue weighted by Crippen LogP contribution is -2.50. The highest BCUT2D eigenvalue weighted by Gasteiger charge is 2.28. The Kier molecular flexibility index (Phi) is 8.05. The van der Waals surface area contributed by atoms with Crippen LogP contribution in [0.4, 0.5) is 0 Å². The van der Waals surface area contributed by atoms with Crippen LogP contribution in [0.3, 0.4) is 0 Å². The first kappa shape index (κ1) is 22.3. The zero-order chi connectivity index (χ0) is 22.1. The number of benzene rings is 3. The highest BCUT2D eigenvalue weighted by atomic mass is 16.5. The quantitative estimate of drug-likeness (QED) is 0.525. The van der Waals surface area contributed by atoms with E-state index >= 15 is 0 Å². The summed E-state index contributed by atoms with van der Waals surface area (Å²) in [4.78, 5) is 27.7. The first-order valence-corrected chi connectivity index (χ1v) is 10.9. The van der Waals surface area contributed by atoms with Crippen LogP contribution in [0.15, 0.2) is 72.8 Å². The number of fused-ring (bicyclic) bond motifs is 1. The van der Waals surface area contributed by atoms with Gasteiger partial charge in [-0.05, 0) is 29.9 Å². The average Bonchev–Trinajstić information content (AvgIpc) is 2.81. The Bertz CT molecular complexity index is 998. The number of hydrogen-bond donors (Lipinski definition) is 1. The summed E-state index contributed by atoms with van der Waals surface area (Å²) in [6, 6.07) is 22.9. The van der Waals surface area contributed by atoms with Gasteiger partial charge in [-0.2, -0.15) is 0 Å². The fourth-order valence-electron chi connectivity index (χ4n) is 3.61. The van der Waals surface area contributed by atoms with Gasteiger partial charge in [0, 0.05) is 18.5 Å². The number of rotatable bonds is 10. The predicted octanol–water partition coefficient (Wildman–Crippen LogP) is 4.55. The normalized spacial score (nSPS) is 11.7. The van der Waals surface area contributed by atoms with E-state index in [-0.39, 0.29) is 18.4 Å². The number of nitrogens with one attached hydrogen (secondary N) is 1. The van der Waals surface area contributed by atoms with E-state index in [1.807, 2.05) is 86.6 Å². The Balaban J connectivity index is 1.79. The van der Waals surface area contributed by atoms with Crippen molar-refractivity contribution in [3.63, 3.8) is 0 Å². The van der Waals surface area contributed by atoms with Gasteiger partial charge in [0.1, 0.15) is 11.8 Å². The SMILES string of the molecule is CCCNC(=O)[C@@H](CC)N(Cc1ccccc1)C(=O)COc1cccc2ccccc12. The topological polar surface area (TPSA) is 58.6 Å². The Morgan fingerprint density at radius 1 is 0.935 bits per heavy atom. The van der Waals surface area contributed by atoms with Gasteiger partial charge in [0.25, 0.3) is 5.91 Å². The van der Waals surface area contributed by atoms with Crippen LogP contribution in [0.2, 0.25) is 0 Å². The maximum absolute atomic E-state index is 13.3. The van der Waals surface area contributed by atoms with E-state index in [4.69, 9.17) is 4.74 Å². The van der Waals surface area contributed by atoms with Crippen LogP contribution in [0.5, 0.6) is 5.75 Å². The first-order chi connectivity index (χ1) is 15.1. The van der Waals surface area contributed by atoms with E-state index in [0.29, 0.717) is 25.3 Å². The minimum atomic E-state index is -0.546. The molecule has 3 aromatic rings. The highest BCUT2D eigenvalue weighted by Crippen LogP contribution is 2.25. The number of ether oxygens (including phenoxy) is 1. The molecule has 3 aromatic carbocycles. The van der Waals surface area contributed by atoms with Crippen LogP contribution >= 0.6 is 0 Å². The molecule has 0 heterocycles. The number of amides is 2. The van der Waals surface area contributed by atoms with Gasteiger partial charge < -0.3 is 15.0 Å². The molecular weight excluding hydrogens is 388 g/mol. The van der Waals surface area contributed by atoms with E-state index in [2.05, 4.69) is 5.32 Å². The molecule has 0 saturated heterocycles. The second-order valence-electron chi connectivity index (χ2n) is 7.49. The minimum Gasteiger partial charge on any atom is -0.483 e. The molecule has 0 radical (unpaired) electrons. The van der Waals surface area contributed by atoms with Gasteiger partial charge in [-0.25, -0.2) is 0 Å². The lowest BCUT2D eigenvalue weighted by molar-refractivity contribution is -0.142. The van der Waals surface area contributed by atoms with Gasteiger partial charge in [0.15, 0.2) is 6.61 Å². The van der Waals surface area contributed by atoms with Crippen LogP contribution in [0.25, 0.3) is 10.8 Å². The molecule has 162 valence electrons. The summed E-state index contributed by atoms with van der Waals surface area (Å²) in [7, 11) is 0. The van der Waals surface area contributed by atoms with Gasteiger partial charge in [0.05, 0.1) is 0 Å². The van der Waals surface area contributed by atoms with E-state index in [1.165, 1.54) is 0 Å². The number of hydrogen-bond acceptors (Lipinski definition) is 3. The molecule has 0 unspecified atom stereocenters. The van der Waals surface area contributed by atoms with Crippen LogP contribution in [-0.4, -0.2) is 35.9 Å². The molecule has 1 N–H and O–H groups in total. The molecule has 31 heavy (non-hydrogen) atoms. The summed E-state index contributed by atoms with van der Waals surface area (Å²) in [6.45, 7) is 4.75. The summed E-state index contributed by atoms with van der Waals surface area (Å²) in [5.41, 5.74) is 0.975. The first-order valence-electron chi connectivity index (χ1n) is 10.9. The lowest BCUT2D eigenvalue weighted by atomic mass is 10.1. The maximum Gasteiger partial charge on any atom is 0.261 e. The van der Waals surface area contributed by atoms with Crippen molar-refractivity contribution in [2.45, 2.75) is 39.3 Å². The monoisotopic (exact) mass is 418 g/mol. The van der Waals surface area contributed by atoms with Crippen LogP contribution in [0.1, 0.15) is 32.3 Å². The van der Waals surface area contributed by atoms with Gasteiger partial charge in [-0.3, -0.25) is 9.59 Å². The van der Waals surface area contributed by atoms with Crippen molar-refractivity contribution in [1.82, 2.24) is 10.2 Å². The Hall–Kier alpha value is -3.34. The molecule has 1 atom stereocenters. The second-order valence-corrected chi connectivity index (χ2v) is 7.49. The van der Waals surface area contributed by atoms with E-state index < -0.39 is 6.04 Å². The zero-order valence-corrected chi connectivity index (χ0v) is 18.2. The Morgan fingerprint density at radius 3 is 2.39 bits per heavy atom. The van der Waals surface area contributed by atoms with Crippen molar-refractivity contribution < 1.29 is 14.3 Å². The number of carbonyl (C=O) groups excluding carboxylic acids is 2. The molecule has 0 fully saturated rings. The Morgan fingerprint density at radius 2 is 1.65 bits per heavy atom. The maximum atomic E-state index is 13.3. The molecule has 0 saturated carbocycles. The van der Waals surface area contributed by atoms with Crippen molar-refractivity contribution in [1.29, 1.82) is 0 Å². The van der Waals surface area contributed by atoms with Gasteiger partial charge in [0.2, 0.25) is 5.91 Å². The summed E-state index contributed by atoms with van der Waals surface area (Å²) in [5, 5.41) is 4.94. The zero-order valence-electron chi connectivity index (χ0n) is 18.2. The van der Waals surface area contributed by atoms with Crippen molar-refractivity contribution in [3.05, 3.63) is 78.4 Å². The molecule has 0 spiro atoms. The fraction of sp³-hybridized carbons (Fsp3) is 0.308. The number of carbonyl (C=O) groups is 2. The molecule has 5 heteroatoms. The molecule has 2 amide bonds. The van der Waals surface area contributed by atoms with Crippen molar-refractivity contribution in [2.24, 2.45) is 0 Å². The summed E-state index contributed by atoms with van der Waals surface area (Å²) in [5.74, 6) is 0.323. The Labute approximate surface area is 184 Å². The molecule has 3 rings (SSSR count). The summed E-state index contributed by atoms with van der Waals surface area (Å²) in [6.07, 6.45) is 1.38. The summed E-state index contributed by atoms with van der Waals surface area (Å²) < 4.78 is 5.93. The molecule has 5 nitrogen and oxygen atoms in total. The second kappa shape index (κ2) is 11.2. The minimum absolute atomic E-state index is 0.126. The van der Waals surface area contributed by atoms with Crippen molar-refractivity contribution in [3.8, 4) is 5.75 Å². The molecule has 0 aromatic heterocycles. The predicted molar refractivity (Wildman–Crippen MR) is 124 cm³/mol. The molecule has 0 aliphatic rings. The smallest absolute Gasteiger partial charge is 0.261 e. The largest absolute Gasteiger partial charge is 0.483 e. The van der Waals surface area contributed by atoms with Crippen LogP contribution < -0.4 is 10.1 Å². The summed E-state index contributed by atoms with van der Waals surface area (Å²) >= 11 is 0. The van der Waals surface area contributed by atoms with E-state index in [0.717, 1.165) is 22.8 Å². The molecule has 0 bridgehead atoms. The fourth-order valence-corrected chi connectivity index (χ4v) is 3.61. The standard InChI is InChI=1S/C26H30N2O3/c1-3-17-27-26(30)23(4-2)28(18-20-11-6-5-7-12-20)25(29)19-31-24-16-10-14-21-13-8-9-15-22(21)24/h5-16,23H,3-4,17-19H2,1-2H3,(H,27,30)/t23-/m1/s1. The lowest BCUT2D eigenvalue weighted by Gasteiger charge is -2.30. The average molecular weight is 419 g/mol. The van der Waals surface area contributed by atoms with Gasteiger partial charge in [-0.1, -0.05) is 80.6 Å². The van der Waals surface area contributed by atoms with Crippen LogP contribution in [0, 0.1) is 0 Å². The van der Waals surface area contributed by atoms with E-state index in [9.17, 15) is 9.59 Å². The number of nitrogens with zero attached hydrogens (tertiary/aromatic N) is 1. The van der Waals surface area contributed by atoms with Crippen molar-refractivity contribution >= 4 is 22.6 Å².